The highest BCUT2D eigenvalue weighted by Crippen LogP contribution is 2.14. The first-order valence-electron chi connectivity index (χ1n) is 6.57. The van der Waals surface area contributed by atoms with Crippen LogP contribution in [0.1, 0.15) is 30.0 Å². The molecule has 4 nitrogen and oxygen atoms in total. The van der Waals surface area contributed by atoms with Crippen molar-refractivity contribution in [1.82, 2.24) is 9.55 Å². The van der Waals surface area contributed by atoms with Crippen LogP contribution in [0, 0.1) is 13.8 Å². The molecule has 2 aromatic rings. The second kappa shape index (κ2) is 5.67. The fraction of sp³-hybridized carbons (Fsp3) is 0.333. The Kier molecular flexibility index (Phi) is 4.14. The quantitative estimate of drug-likeness (QED) is 0.885. The van der Waals surface area contributed by atoms with Crippen molar-refractivity contribution in [3.05, 3.63) is 60.9 Å². The largest absolute Gasteiger partial charge is 0.334 e. The van der Waals surface area contributed by atoms with Gasteiger partial charge in [0.25, 0.3) is 5.56 Å². The van der Waals surface area contributed by atoms with E-state index < -0.39 is 5.69 Å². The molecule has 1 heterocycles. The molecule has 0 radical (unpaired) electrons. The van der Waals surface area contributed by atoms with Gasteiger partial charge in [-0.3, -0.25) is 9.78 Å². The van der Waals surface area contributed by atoms with Crippen LogP contribution in [0.5, 0.6) is 0 Å². The summed E-state index contributed by atoms with van der Waals surface area (Å²) in [7, 11) is 0. The molecule has 0 unspecified atom stereocenters. The summed E-state index contributed by atoms with van der Waals surface area (Å²) in [6.45, 7) is 5.80. The van der Waals surface area contributed by atoms with Crippen LogP contribution in [-0.2, 0) is 6.42 Å². The first-order chi connectivity index (χ1) is 9.45. The zero-order chi connectivity index (χ0) is 14.9. The van der Waals surface area contributed by atoms with Crippen molar-refractivity contribution < 1.29 is 0 Å². The smallest absolute Gasteiger partial charge is 0.297 e. The minimum Gasteiger partial charge on any atom is -0.297 e. The first kappa shape index (κ1) is 14.6. The summed E-state index contributed by atoms with van der Waals surface area (Å²) in [5.74, 6) is 0. The molecule has 1 N–H and O–H groups in total. The number of benzene rings is 1. The van der Waals surface area contributed by atoms with Gasteiger partial charge in [0.2, 0.25) is 0 Å². The van der Waals surface area contributed by atoms with Gasteiger partial charge in [0.1, 0.15) is 5.15 Å². The number of aryl methyl sites for hydroxylation is 2. The van der Waals surface area contributed by atoms with E-state index in [0.717, 1.165) is 22.1 Å². The molecule has 0 fully saturated rings. The second-order valence-corrected chi connectivity index (χ2v) is 5.28. The van der Waals surface area contributed by atoms with Gasteiger partial charge in [0, 0.05) is 0 Å². The Morgan fingerprint density at radius 3 is 2.55 bits per heavy atom. The number of nitrogens with zero attached hydrogens (tertiary/aromatic N) is 1. The zero-order valence-corrected chi connectivity index (χ0v) is 12.5. The van der Waals surface area contributed by atoms with Crippen molar-refractivity contribution in [1.29, 1.82) is 0 Å². The van der Waals surface area contributed by atoms with Crippen molar-refractivity contribution in [3.8, 4) is 5.69 Å². The van der Waals surface area contributed by atoms with Crippen LogP contribution in [0.3, 0.4) is 0 Å². The van der Waals surface area contributed by atoms with Gasteiger partial charge in [-0.1, -0.05) is 42.6 Å². The third-order valence-corrected chi connectivity index (χ3v) is 3.56. The van der Waals surface area contributed by atoms with E-state index in [1.165, 1.54) is 0 Å². The SMILES string of the molecule is CCCc1c(Cl)[nH]c(=O)n(-c2ccc(C)cc2C)c1=O. The van der Waals surface area contributed by atoms with Crippen molar-refractivity contribution in [2.24, 2.45) is 0 Å². The predicted octanol–water partition coefficient (Wildman–Crippen LogP) is 2.75. The van der Waals surface area contributed by atoms with Crippen LogP contribution in [0.15, 0.2) is 27.8 Å². The molecule has 0 aliphatic heterocycles. The Hall–Kier alpha value is -1.81. The van der Waals surface area contributed by atoms with Gasteiger partial charge in [-0.2, -0.15) is 0 Å². The van der Waals surface area contributed by atoms with Crippen molar-refractivity contribution in [2.75, 3.05) is 0 Å². The van der Waals surface area contributed by atoms with Crippen molar-refractivity contribution in [2.45, 2.75) is 33.6 Å². The van der Waals surface area contributed by atoms with E-state index in [9.17, 15) is 9.59 Å². The third-order valence-electron chi connectivity index (χ3n) is 3.24. The normalized spacial score (nSPS) is 10.8. The van der Waals surface area contributed by atoms with Crippen LogP contribution in [0.2, 0.25) is 5.15 Å². The number of nitrogens with one attached hydrogen (secondary N) is 1. The summed E-state index contributed by atoms with van der Waals surface area (Å²) < 4.78 is 1.16. The van der Waals surface area contributed by atoms with Gasteiger partial charge >= 0.3 is 5.69 Å². The summed E-state index contributed by atoms with van der Waals surface area (Å²) in [6.07, 6.45) is 1.33. The molecule has 0 saturated carbocycles. The lowest BCUT2D eigenvalue weighted by molar-refractivity contribution is 0.808. The number of H-pyrrole nitrogens is 1. The minimum absolute atomic E-state index is 0.142. The molecule has 0 spiro atoms. The molecule has 1 aromatic heterocycles. The van der Waals surface area contributed by atoms with Crippen molar-refractivity contribution in [3.63, 3.8) is 0 Å². The van der Waals surface area contributed by atoms with E-state index in [2.05, 4.69) is 4.98 Å². The molecule has 2 rings (SSSR count). The van der Waals surface area contributed by atoms with Crippen LogP contribution in [0.4, 0.5) is 0 Å². The second-order valence-electron chi connectivity index (χ2n) is 4.90. The Labute approximate surface area is 122 Å². The minimum atomic E-state index is -0.508. The molecule has 0 bridgehead atoms. The maximum atomic E-state index is 12.5. The summed E-state index contributed by atoms with van der Waals surface area (Å²) >= 11 is 5.97. The van der Waals surface area contributed by atoms with E-state index in [-0.39, 0.29) is 10.7 Å². The Morgan fingerprint density at radius 2 is 1.95 bits per heavy atom. The lowest BCUT2D eigenvalue weighted by Crippen LogP contribution is -2.36. The van der Waals surface area contributed by atoms with E-state index in [1.54, 1.807) is 6.07 Å². The number of hydrogen-bond acceptors (Lipinski definition) is 2. The maximum Gasteiger partial charge on any atom is 0.334 e. The Balaban J connectivity index is 2.77. The van der Waals surface area contributed by atoms with Crippen LogP contribution in [0.25, 0.3) is 5.69 Å². The van der Waals surface area contributed by atoms with Gasteiger partial charge < -0.3 is 0 Å². The van der Waals surface area contributed by atoms with Gasteiger partial charge in [0.15, 0.2) is 0 Å². The molecule has 1 aromatic carbocycles. The van der Waals surface area contributed by atoms with Crippen LogP contribution < -0.4 is 11.2 Å². The molecule has 0 saturated heterocycles. The highest BCUT2D eigenvalue weighted by atomic mass is 35.5. The van der Waals surface area contributed by atoms with Gasteiger partial charge in [-0.15, -0.1) is 0 Å². The fourth-order valence-electron chi connectivity index (χ4n) is 2.29. The highest BCUT2D eigenvalue weighted by Gasteiger charge is 2.14. The molecule has 20 heavy (non-hydrogen) atoms. The molecular formula is C15H17ClN2O2. The zero-order valence-electron chi connectivity index (χ0n) is 11.8. The predicted molar refractivity (Wildman–Crippen MR) is 81.1 cm³/mol. The molecule has 0 atom stereocenters. The molecule has 0 aliphatic carbocycles. The number of halogens is 1. The fourth-order valence-corrected chi connectivity index (χ4v) is 2.54. The molecule has 0 aliphatic rings. The number of aromatic nitrogens is 2. The van der Waals surface area contributed by atoms with E-state index in [4.69, 9.17) is 11.6 Å². The molecule has 106 valence electrons. The lowest BCUT2D eigenvalue weighted by Gasteiger charge is -2.11. The highest BCUT2D eigenvalue weighted by molar-refractivity contribution is 6.30. The third kappa shape index (κ3) is 2.56. The van der Waals surface area contributed by atoms with E-state index in [0.29, 0.717) is 17.7 Å². The number of rotatable bonds is 3. The molecule has 0 amide bonds. The molecular weight excluding hydrogens is 276 g/mol. The number of aromatic amines is 1. The standard InChI is InChI=1S/C15H17ClN2O2/c1-4-5-11-13(16)17-15(20)18(14(11)19)12-7-6-9(2)8-10(12)3/h6-8H,4-5H2,1-3H3,(H,17,20). The Bertz CT molecular complexity index is 759. The summed E-state index contributed by atoms with van der Waals surface area (Å²) in [4.78, 5) is 27.1. The maximum absolute atomic E-state index is 12.5. The lowest BCUT2D eigenvalue weighted by atomic mass is 10.1. The Morgan fingerprint density at radius 1 is 1.25 bits per heavy atom. The van der Waals surface area contributed by atoms with Crippen molar-refractivity contribution >= 4 is 11.6 Å². The number of hydrogen-bond donors (Lipinski definition) is 1. The van der Waals surface area contributed by atoms with E-state index in [1.807, 2.05) is 32.9 Å². The summed E-state index contributed by atoms with van der Waals surface area (Å²) in [6, 6.07) is 5.60. The van der Waals surface area contributed by atoms with Gasteiger partial charge in [-0.25, -0.2) is 9.36 Å². The average Bonchev–Trinajstić information content (AvgIpc) is 2.37. The summed E-state index contributed by atoms with van der Waals surface area (Å²) in [5.41, 5.74) is 2.16. The monoisotopic (exact) mass is 292 g/mol. The van der Waals surface area contributed by atoms with Gasteiger partial charge in [0.05, 0.1) is 11.3 Å². The molecule has 5 heteroatoms. The van der Waals surface area contributed by atoms with Gasteiger partial charge in [-0.05, 0) is 31.9 Å². The summed E-state index contributed by atoms with van der Waals surface area (Å²) in [5, 5.41) is 0.142. The first-order valence-corrected chi connectivity index (χ1v) is 6.94. The van der Waals surface area contributed by atoms with Crippen LogP contribution in [-0.4, -0.2) is 9.55 Å². The van der Waals surface area contributed by atoms with E-state index >= 15 is 0 Å². The topological polar surface area (TPSA) is 54.9 Å². The van der Waals surface area contributed by atoms with Crippen LogP contribution >= 0.6 is 11.6 Å². The average molecular weight is 293 g/mol.